The Hall–Kier alpha value is 0.0200. The summed E-state index contributed by atoms with van der Waals surface area (Å²) < 4.78 is 0. The van der Waals surface area contributed by atoms with Gasteiger partial charge >= 0.3 is 0 Å². The third kappa shape index (κ3) is 1.25. The van der Waals surface area contributed by atoms with Crippen molar-refractivity contribution < 1.29 is 0 Å². The van der Waals surface area contributed by atoms with Crippen LogP contribution in [0.4, 0.5) is 0 Å². The smallest absolute Gasteiger partial charge is 0.0655 e. The Morgan fingerprint density at radius 3 is 2.38 bits per heavy atom. The van der Waals surface area contributed by atoms with Crippen molar-refractivity contribution in [3.8, 4) is 0 Å². The minimum Gasteiger partial charge on any atom is -0.276 e. The number of hydrogen-bond donors (Lipinski definition) is 0. The van der Waals surface area contributed by atoms with E-state index in [1.807, 2.05) is 11.8 Å². The molecule has 0 amide bonds. The van der Waals surface area contributed by atoms with Crippen molar-refractivity contribution in [2.24, 2.45) is 4.99 Å². The quantitative estimate of drug-likeness (QED) is 0.487. The molecule has 0 fully saturated rings. The monoisotopic (exact) mass is 129 g/mol. The van der Waals surface area contributed by atoms with E-state index in [1.54, 1.807) is 0 Å². The van der Waals surface area contributed by atoms with Crippen LogP contribution in [0, 0.1) is 0 Å². The Kier molecular flexibility index (Phi) is 1.35. The molecule has 8 heavy (non-hydrogen) atoms. The summed E-state index contributed by atoms with van der Waals surface area (Å²) in [6, 6.07) is 0. The van der Waals surface area contributed by atoms with Gasteiger partial charge in [-0.1, -0.05) is 0 Å². The van der Waals surface area contributed by atoms with Gasteiger partial charge in [-0.2, -0.15) is 0 Å². The first-order valence-electron chi connectivity index (χ1n) is 2.79. The predicted molar refractivity (Wildman–Crippen MR) is 39.6 cm³/mol. The van der Waals surface area contributed by atoms with Crippen molar-refractivity contribution in [3.05, 3.63) is 0 Å². The van der Waals surface area contributed by atoms with E-state index >= 15 is 0 Å². The molecule has 0 saturated carbocycles. The average Bonchev–Trinajstić information content (AvgIpc) is 1.82. The van der Waals surface area contributed by atoms with E-state index in [1.165, 1.54) is 5.04 Å². The van der Waals surface area contributed by atoms with E-state index in [4.69, 9.17) is 0 Å². The van der Waals surface area contributed by atoms with E-state index in [-0.39, 0.29) is 5.54 Å². The highest BCUT2D eigenvalue weighted by Crippen LogP contribution is 2.26. The fraction of sp³-hybridized carbons (Fsp3) is 0.833. The molecule has 46 valence electrons. The Balaban J connectivity index is 2.67. The highest BCUT2D eigenvalue weighted by molar-refractivity contribution is 8.14. The van der Waals surface area contributed by atoms with E-state index < -0.39 is 0 Å². The van der Waals surface area contributed by atoms with Gasteiger partial charge in [-0.15, -0.1) is 11.8 Å². The van der Waals surface area contributed by atoms with Crippen LogP contribution in [0.5, 0.6) is 0 Å². The lowest BCUT2D eigenvalue weighted by molar-refractivity contribution is 0.605. The molecule has 1 aliphatic heterocycles. The second-order valence-corrected chi connectivity index (χ2v) is 3.90. The van der Waals surface area contributed by atoms with Gasteiger partial charge in [0.2, 0.25) is 0 Å². The van der Waals surface area contributed by atoms with Crippen molar-refractivity contribution in [1.82, 2.24) is 0 Å². The third-order valence-corrected chi connectivity index (χ3v) is 2.45. The highest BCUT2D eigenvalue weighted by atomic mass is 32.2. The van der Waals surface area contributed by atoms with Crippen LogP contribution in [0.2, 0.25) is 0 Å². The standard InChI is InChI=1S/C6H11NS/c1-5-7-6(2,3)4-8-5/h4H2,1-3H3. The molecule has 1 aliphatic rings. The lowest BCUT2D eigenvalue weighted by Gasteiger charge is -2.09. The maximum Gasteiger partial charge on any atom is 0.0655 e. The summed E-state index contributed by atoms with van der Waals surface area (Å²) in [5.74, 6) is 1.15. The summed E-state index contributed by atoms with van der Waals surface area (Å²) in [5.41, 5.74) is 0.217. The van der Waals surface area contributed by atoms with Crippen LogP contribution < -0.4 is 0 Å². The summed E-state index contributed by atoms with van der Waals surface area (Å²) in [6.07, 6.45) is 0. The van der Waals surface area contributed by atoms with Crippen LogP contribution >= 0.6 is 11.8 Å². The molecule has 0 spiro atoms. The molecule has 0 saturated heterocycles. The van der Waals surface area contributed by atoms with Crippen LogP contribution in [-0.2, 0) is 0 Å². The first kappa shape index (κ1) is 6.14. The van der Waals surface area contributed by atoms with Crippen LogP contribution in [0.25, 0.3) is 0 Å². The van der Waals surface area contributed by atoms with Gasteiger partial charge in [0.15, 0.2) is 0 Å². The zero-order valence-corrected chi connectivity index (χ0v) is 6.38. The van der Waals surface area contributed by atoms with Gasteiger partial charge in [0.25, 0.3) is 0 Å². The number of thioether (sulfide) groups is 1. The van der Waals surface area contributed by atoms with Crippen LogP contribution in [0.3, 0.4) is 0 Å². The van der Waals surface area contributed by atoms with E-state index in [0.29, 0.717) is 0 Å². The number of aliphatic imine (C=N–C) groups is 1. The molecule has 0 unspecified atom stereocenters. The maximum atomic E-state index is 4.40. The molecule has 0 bridgehead atoms. The Labute approximate surface area is 54.6 Å². The Bertz CT molecular complexity index is 126. The molecular weight excluding hydrogens is 118 g/mol. The summed E-state index contributed by atoms with van der Waals surface area (Å²) in [7, 11) is 0. The van der Waals surface area contributed by atoms with E-state index in [9.17, 15) is 0 Å². The molecule has 1 heterocycles. The molecule has 1 rings (SSSR count). The summed E-state index contributed by atoms with van der Waals surface area (Å²) in [5, 5.41) is 1.23. The van der Waals surface area contributed by atoms with Crippen molar-refractivity contribution in [2.75, 3.05) is 5.75 Å². The normalized spacial score (nSPS) is 25.6. The van der Waals surface area contributed by atoms with Crippen LogP contribution in [0.1, 0.15) is 20.8 Å². The minimum absolute atomic E-state index is 0.217. The van der Waals surface area contributed by atoms with Gasteiger partial charge in [-0.25, -0.2) is 0 Å². The first-order chi connectivity index (χ1) is 3.60. The third-order valence-electron chi connectivity index (χ3n) is 1.09. The first-order valence-corrected chi connectivity index (χ1v) is 3.78. The summed E-state index contributed by atoms with van der Waals surface area (Å²) in [4.78, 5) is 4.40. The molecule has 1 nitrogen and oxygen atoms in total. The van der Waals surface area contributed by atoms with Gasteiger partial charge in [0, 0.05) is 5.75 Å². The summed E-state index contributed by atoms with van der Waals surface area (Å²) in [6.45, 7) is 6.40. The van der Waals surface area contributed by atoms with Crippen LogP contribution in [-0.4, -0.2) is 16.3 Å². The fourth-order valence-electron chi connectivity index (χ4n) is 0.772. The SMILES string of the molecule is CC1=NC(C)(C)CS1. The molecule has 0 atom stereocenters. The number of hydrogen-bond acceptors (Lipinski definition) is 2. The second-order valence-electron chi connectivity index (χ2n) is 2.73. The van der Waals surface area contributed by atoms with Crippen molar-refractivity contribution in [1.29, 1.82) is 0 Å². The minimum atomic E-state index is 0.217. The molecule has 0 radical (unpaired) electrons. The molecular formula is C6H11NS. The lowest BCUT2D eigenvalue weighted by Crippen LogP contribution is -2.14. The highest BCUT2D eigenvalue weighted by Gasteiger charge is 2.22. The van der Waals surface area contributed by atoms with E-state index in [2.05, 4.69) is 25.8 Å². The zero-order valence-electron chi connectivity index (χ0n) is 5.56. The zero-order chi connectivity index (χ0) is 6.20. The van der Waals surface area contributed by atoms with E-state index in [0.717, 1.165) is 5.75 Å². The number of nitrogens with zero attached hydrogens (tertiary/aromatic N) is 1. The molecule has 0 N–H and O–H groups in total. The average molecular weight is 129 g/mol. The lowest BCUT2D eigenvalue weighted by atomic mass is 10.1. The fourth-order valence-corrected chi connectivity index (χ4v) is 1.71. The van der Waals surface area contributed by atoms with Crippen molar-refractivity contribution >= 4 is 16.8 Å². The topological polar surface area (TPSA) is 12.4 Å². The van der Waals surface area contributed by atoms with Gasteiger partial charge < -0.3 is 0 Å². The molecule has 0 aromatic heterocycles. The molecule has 2 heteroatoms. The van der Waals surface area contributed by atoms with Gasteiger partial charge in [0.1, 0.15) is 0 Å². The molecule has 0 aromatic rings. The number of rotatable bonds is 0. The van der Waals surface area contributed by atoms with Crippen LogP contribution in [0.15, 0.2) is 4.99 Å². The summed E-state index contributed by atoms with van der Waals surface area (Å²) >= 11 is 1.85. The molecule has 0 aromatic carbocycles. The Morgan fingerprint density at radius 2 is 2.25 bits per heavy atom. The largest absolute Gasteiger partial charge is 0.276 e. The maximum absolute atomic E-state index is 4.40. The Morgan fingerprint density at radius 1 is 1.62 bits per heavy atom. The molecule has 0 aliphatic carbocycles. The van der Waals surface area contributed by atoms with Gasteiger partial charge in [-0.05, 0) is 20.8 Å². The predicted octanol–water partition coefficient (Wildman–Crippen LogP) is 1.93. The van der Waals surface area contributed by atoms with Crippen molar-refractivity contribution in [2.45, 2.75) is 26.3 Å². The van der Waals surface area contributed by atoms with Gasteiger partial charge in [-0.3, -0.25) is 4.99 Å². The van der Waals surface area contributed by atoms with Gasteiger partial charge in [0.05, 0.1) is 10.6 Å². The van der Waals surface area contributed by atoms with Crippen molar-refractivity contribution in [3.63, 3.8) is 0 Å². The second kappa shape index (κ2) is 1.76.